The number of halogens is 1. The molecule has 1 N–H and O–H groups in total. The average Bonchev–Trinajstić information content (AvgIpc) is 2.64. The number of carbonyl (C=O) groups excluding carboxylic acids is 1. The molecule has 0 spiro atoms. The van der Waals surface area contributed by atoms with Crippen molar-refractivity contribution in [3.63, 3.8) is 0 Å². The third kappa shape index (κ3) is 4.48. The van der Waals surface area contributed by atoms with Crippen molar-refractivity contribution in [1.82, 2.24) is 0 Å². The lowest BCUT2D eigenvalue weighted by atomic mass is 10.0. The van der Waals surface area contributed by atoms with E-state index in [1.54, 1.807) is 12.1 Å². The van der Waals surface area contributed by atoms with Gasteiger partial charge in [-0.3, -0.25) is 4.79 Å². The number of nitrogens with one attached hydrogen (secondary N) is 1. The highest BCUT2D eigenvalue weighted by atomic mass is 32.2. The minimum atomic E-state index is -0.297. The predicted octanol–water partition coefficient (Wildman–Crippen LogP) is 5.61. The van der Waals surface area contributed by atoms with Gasteiger partial charge in [-0.05, 0) is 42.8 Å². The second-order valence-corrected chi connectivity index (χ2v) is 7.03. The van der Waals surface area contributed by atoms with Gasteiger partial charge in [0, 0.05) is 16.1 Å². The molecule has 0 heterocycles. The van der Waals surface area contributed by atoms with Gasteiger partial charge >= 0.3 is 0 Å². The minimum Gasteiger partial charge on any atom is -0.325 e. The highest BCUT2D eigenvalue weighted by Crippen LogP contribution is 2.29. The standard InChI is InChI=1S/C21H18FNOS/c1-15(25-18-13-11-17(22)12-14-18)21(24)23-20-10-6-5-9-19(20)16-7-3-2-4-8-16/h2-15H,1H3,(H,23,24). The van der Waals surface area contributed by atoms with Gasteiger partial charge in [-0.25, -0.2) is 4.39 Å². The largest absolute Gasteiger partial charge is 0.325 e. The van der Waals surface area contributed by atoms with Crippen LogP contribution in [0.15, 0.2) is 83.8 Å². The molecule has 0 aromatic heterocycles. The summed E-state index contributed by atoms with van der Waals surface area (Å²) in [6.45, 7) is 1.84. The third-order valence-electron chi connectivity index (χ3n) is 3.77. The van der Waals surface area contributed by atoms with Crippen LogP contribution in [0.4, 0.5) is 10.1 Å². The molecule has 2 nitrogen and oxygen atoms in total. The number of amides is 1. The van der Waals surface area contributed by atoms with E-state index in [1.165, 1.54) is 23.9 Å². The minimum absolute atomic E-state index is 0.0855. The highest BCUT2D eigenvalue weighted by Gasteiger charge is 2.16. The van der Waals surface area contributed by atoms with Crippen LogP contribution in [0.1, 0.15) is 6.92 Å². The van der Waals surface area contributed by atoms with Crippen molar-refractivity contribution in [2.75, 3.05) is 5.32 Å². The molecule has 0 saturated carbocycles. The van der Waals surface area contributed by atoms with Crippen molar-refractivity contribution >= 4 is 23.4 Å². The molecule has 4 heteroatoms. The molecule has 25 heavy (non-hydrogen) atoms. The van der Waals surface area contributed by atoms with Gasteiger partial charge in [0.15, 0.2) is 0 Å². The summed E-state index contributed by atoms with van der Waals surface area (Å²) in [5.74, 6) is -0.365. The van der Waals surface area contributed by atoms with Crippen molar-refractivity contribution in [2.45, 2.75) is 17.1 Å². The summed E-state index contributed by atoms with van der Waals surface area (Å²) in [6, 6.07) is 23.9. The molecule has 3 aromatic carbocycles. The fraction of sp³-hybridized carbons (Fsp3) is 0.0952. The van der Waals surface area contributed by atoms with Crippen LogP contribution >= 0.6 is 11.8 Å². The van der Waals surface area contributed by atoms with Crippen molar-refractivity contribution in [2.24, 2.45) is 0 Å². The maximum atomic E-state index is 13.0. The first-order valence-corrected chi connectivity index (χ1v) is 8.89. The van der Waals surface area contributed by atoms with Gasteiger partial charge in [-0.1, -0.05) is 48.5 Å². The number of rotatable bonds is 5. The van der Waals surface area contributed by atoms with E-state index in [0.29, 0.717) is 0 Å². The smallest absolute Gasteiger partial charge is 0.237 e. The summed E-state index contributed by atoms with van der Waals surface area (Å²) in [4.78, 5) is 13.4. The van der Waals surface area contributed by atoms with Crippen molar-refractivity contribution in [3.8, 4) is 11.1 Å². The van der Waals surface area contributed by atoms with Crippen LogP contribution in [0.25, 0.3) is 11.1 Å². The Kier molecular flexibility index (Phi) is 5.51. The predicted molar refractivity (Wildman–Crippen MR) is 102 cm³/mol. The van der Waals surface area contributed by atoms with Crippen molar-refractivity contribution in [1.29, 1.82) is 0 Å². The Hall–Kier alpha value is -2.59. The number of para-hydroxylation sites is 1. The Morgan fingerprint density at radius 2 is 1.56 bits per heavy atom. The molecule has 0 fully saturated rings. The van der Waals surface area contributed by atoms with Gasteiger partial charge < -0.3 is 5.32 Å². The first-order chi connectivity index (χ1) is 12.1. The van der Waals surface area contributed by atoms with Gasteiger partial charge in [0.2, 0.25) is 5.91 Å². The van der Waals surface area contributed by atoms with E-state index in [2.05, 4.69) is 5.32 Å². The van der Waals surface area contributed by atoms with Gasteiger partial charge in [0.05, 0.1) is 5.25 Å². The van der Waals surface area contributed by atoms with Crippen LogP contribution in [0, 0.1) is 5.82 Å². The molecule has 1 unspecified atom stereocenters. The van der Waals surface area contributed by atoms with Crippen LogP contribution < -0.4 is 5.32 Å². The summed E-state index contributed by atoms with van der Waals surface area (Å²) in [6.07, 6.45) is 0. The van der Waals surface area contributed by atoms with E-state index < -0.39 is 0 Å². The summed E-state index contributed by atoms with van der Waals surface area (Å²) < 4.78 is 13.0. The SMILES string of the molecule is CC(Sc1ccc(F)cc1)C(=O)Nc1ccccc1-c1ccccc1. The lowest BCUT2D eigenvalue weighted by molar-refractivity contribution is -0.115. The molecule has 0 aliphatic heterocycles. The van der Waals surface area contributed by atoms with E-state index in [0.717, 1.165) is 21.7 Å². The van der Waals surface area contributed by atoms with Crippen LogP contribution in [-0.4, -0.2) is 11.2 Å². The number of thioether (sulfide) groups is 1. The molecule has 0 aliphatic rings. The molecule has 0 bridgehead atoms. The molecular formula is C21H18FNOS. The number of benzene rings is 3. The van der Waals surface area contributed by atoms with Crippen LogP contribution in [0.5, 0.6) is 0 Å². The van der Waals surface area contributed by atoms with E-state index >= 15 is 0 Å². The Morgan fingerprint density at radius 3 is 2.28 bits per heavy atom. The lowest BCUT2D eigenvalue weighted by Gasteiger charge is -2.15. The number of hydrogen-bond acceptors (Lipinski definition) is 2. The molecular weight excluding hydrogens is 333 g/mol. The Balaban J connectivity index is 1.74. The zero-order valence-corrected chi connectivity index (χ0v) is 14.6. The summed E-state index contributed by atoms with van der Waals surface area (Å²) in [5, 5.41) is 2.71. The van der Waals surface area contributed by atoms with Gasteiger partial charge in [0.1, 0.15) is 5.82 Å². The fourth-order valence-corrected chi connectivity index (χ4v) is 3.33. The first kappa shape index (κ1) is 17.2. The quantitative estimate of drug-likeness (QED) is 0.605. The third-order valence-corrected chi connectivity index (χ3v) is 4.88. The molecule has 3 rings (SSSR count). The van der Waals surface area contributed by atoms with E-state index in [4.69, 9.17) is 0 Å². The fourth-order valence-electron chi connectivity index (χ4n) is 2.47. The van der Waals surface area contributed by atoms with Gasteiger partial charge in [-0.15, -0.1) is 11.8 Å². The maximum absolute atomic E-state index is 13.0. The summed E-state index contributed by atoms with van der Waals surface area (Å²) in [7, 11) is 0. The van der Waals surface area contributed by atoms with Crippen LogP contribution in [-0.2, 0) is 4.79 Å². The van der Waals surface area contributed by atoms with Crippen molar-refractivity contribution < 1.29 is 9.18 Å². The normalized spacial score (nSPS) is 11.8. The van der Waals surface area contributed by atoms with Crippen LogP contribution in [0.2, 0.25) is 0 Å². The van der Waals surface area contributed by atoms with Crippen LogP contribution in [0.3, 0.4) is 0 Å². The number of anilines is 1. The summed E-state index contributed by atoms with van der Waals surface area (Å²) in [5.41, 5.74) is 2.82. The summed E-state index contributed by atoms with van der Waals surface area (Å²) >= 11 is 1.40. The Morgan fingerprint density at radius 1 is 0.920 bits per heavy atom. The van der Waals surface area contributed by atoms with E-state index in [1.807, 2.05) is 61.5 Å². The zero-order chi connectivity index (χ0) is 17.6. The second-order valence-electron chi connectivity index (χ2n) is 5.61. The first-order valence-electron chi connectivity index (χ1n) is 8.01. The molecule has 0 aliphatic carbocycles. The Labute approximate surface area is 151 Å². The lowest BCUT2D eigenvalue weighted by Crippen LogP contribution is -2.22. The van der Waals surface area contributed by atoms with E-state index in [9.17, 15) is 9.18 Å². The van der Waals surface area contributed by atoms with Gasteiger partial charge in [0.25, 0.3) is 0 Å². The molecule has 3 aromatic rings. The molecule has 0 radical (unpaired) electrons. The zero-order valence-electron chi connectivity index (χ0n) is 13.8. The Bertz CT molecular complexity index is 849. The topological polar surface area (TPSA) is 29.1 Å². The average molecular weight is 351 g/mol. The molecule has 0 saturated heterocycles. The number of hydrogen-bond donors (Lipinski definition) is 1. The molecule has 1 amide bonds. The van der Waals surface area contributed by atoms with Gasteiger partial charge in [-0.2, -0.15) is 0 Å². The van der Waals surface area contributed by atoms with Crippen molar-refractivity contribution in [3.05, 3.63) is 84.7 Å². The molecule has 126 valence electrons. The second kappa shape index (κ2) is 7.99. The monoisotopic (exact) mass is 351 g/mol. The number of carbonyl (C=O) groups is 1. The molecule has 1 atom stereocenters. The highest BCUT2D eigenvalue weighted by molar-refractivity contribution is 8.00. The van der Waals surface area contributed by atoms with E-state index in [-0.39, 0.29) is 17.0 Å². The maximum Gasteiger partial charge on any atom is 0.237 e.